The van der Waals surface area contributed by atoms with Gasteiger partial charge in [-0.2, -0.15) is 0 Å². The first-order chi connectivity index (χ1) is 13.6. The Morgan fingerprint density at radius 3 is 2.59 bits per heavy atom. The van der Waals surface area contributed by atoms with Gasteiger partial charge in [-0.05, 0) is 64.7 Å². The Kier molecular flexibility index (Phi) is 7.39. The number of amides is 2. The number of ether oxygens (including phenoxy) is 1. The van der Waals surface area contributed by atoms with Crippen LogP contribution in [0.4, 0.5) is 10.5 Å². The second-order valence-corrected chi connectivity index (χ2v) is 8.00. The van der Waals surface area contributed by atoms with Crippen molar-refractivity contribution in [3.05, 3.63) is 40.2 Å². The van der Waals surface area contributed by atoms with E-state index in [9.17, 15) is 14.4 Å². The largest absolute Gasteiger partial charge is 0.444 e. The van der Waals surface area contributed by atoms with Crippen LogP contribution < -0.4 is 22.0 Å². The number of unbranched alkanes of at least 4 members (excludes halogenated alkanes) is 1. The van der Waals surface area contributed by atoms with Gasteiger partial charge in [0, 0.05) is 23.2 Å². The quantitative estimate of drug-likeness (QED) is 0.482. The van der Waals surface area contributed by atoms with Crippen LogP contribution in [0.1, 0.15) is 45.6 Å². The van der Waals surface area contributed by atoms with Gasteiger partial charge in [-0.1, -0.05) is 0 Å². The summed E-state index contributed by atoms with van der Waals surface area (Å²) < 4.78 is 10.5. The molecule has 0 aliphatic rings. The lowest BCUT2D eigenvalue weighted by Gasteiger charge is -2.23. The number of hydrogen-bond acceptors (Lipinski definition) is 5. The van der Waals surface area contributed by atoms with Crippen molar-refractivity contribution in [2.75, 3.05) is 11.9 Å². The van der Waals surface area contributed by atoms with Crippen molar-refractivity contribution in [1.29, 1.82) is 0 Å². The number of nitrogens with one attached hydrogen (secondary N) is 2. The van der Waals surface area contributed by atoms with E-state index in [0.717, 1.165) is 30.3 Å². The summed E-state index contributed by atoms with van der Waals surface area (Å²) in [6.45, 7) is 7.85. The van der Waals surface area contributed by atoms with E-state index >= 15 is 0 Å². The molecule has 158 valence electrons. The lowest BCUT2D eigenvalue weighted by atomic mass is 10.1. The Hall–Kier alpha value is -2.87. The normalized spacial score (nSPS) is 12.4. The first kappa shape index (κ1) is 22.4. The molecule has 0 saturated heterocycles. The lowest BCUT2D eigenvalue weighted by Crippen LogP contribution is -2.50. The summed E-state index contributed by atoms with van der Waals surface area (Å²) in [5.41, 5.74) is 4.36. The molecule has 29 heavy (non-hydrogen) atoms. The van der Waals surface area contributed by atoms with Crippen molar-refractivity contribution < 1.29 is 24.5 Å². The van der Waals surface area contributed by atoms with E-state index in [4.69, 9.17) is 9.15 Å². The zero-order valence-corrected chi connectivity index (χ0v) is 17.5. The molecular formula is C21H30N3O5+. The standard InChI is InChI=1S/C21H29N3O5/c1-13-11-18(25)28-17-12-14(8-9-15(13)17)23-19(26)16(7-5-6-10-22)24-20(27)29-21(2,3)4/h8-9,11-12,16H,5-7,10,22H2,1-4H3,(H,23,26)(H,24,27)/p+1/t16-/m0/s1. The molecule has 0 radical (unpaired) electrons. The molecule has 1 heterocycles. The Balaban J connectivity index is 2.16. The van der Waals surface area contributed by atoms with E-state index in [2.05, 4.69) is 16.4 Å². The van der Waals surface area contributed by atoms with Gasteiger partial charge in [0.15, 0.2) is 0 Å². The summed E-state index contributed by atoms with van der Waals surface area (Å²) in [7, 11) is 0. The Morgan fingerprint density at radius 1 is 1.21 bits per heavy atom. The van der Waals surface area contributed by atoms with Gasteiger partial charge in [0.05, 0.1) is 6.54 Å². The Labute approximate surface area is 169 Å². The molecule has 0 unspecified atom stereocenters. The van der Waals surface area contributed by atoms with Gasteiger partial charge in [0.1, 0.15) is 17.2 Å². The highest BCUT2D eigenvalue weighted by Crippen LogP contribution is 2.21. The highest BCUT2D eigenvalue weighted by atomic mass is 16.6. The van der Waals surface area contributed by atoms with Gasteiger partial charge in [0.2, 0.25) is 5.91 Å². The molecule has 8 heteroatoms. The molecule has 1 atom stereocenters. The molecular weight excluding hydrogens is 374 g/mol. The van der Waals surface area contributed by atoms with Crippen LogP contribution in [0, 0.1) is 6.92 Å². The van der Waals surface area contributed by atoms with Gasteiger partial charge >= 0.3 is 11.7 Å². The average molecular weight is 404 g/mol. The van der Waals surface area contributed by atoms with Crippen LogP contribution in [-0.4, -0.2) is 30.2 Å². The fourth-order valence-corrected chi connectivity index (χ4v) is 2.88. The first-order valence-electron chi connectivity index (χ1n) is 9.73. The summed E-state index contributed by atoms with van der Waals surface area (Å²) in [6, 6.07) is 5.78. The minimum Gasteiger partial charge on any atom is -0.444 e. The second kappa shape index (κ2) is 9.56. The van der Waals surface area contributed by atoms with Crippen LogP contribution in [-0.2, 0) is 9.53 Å². The molecule has 2 rings (SSSR count). The smallest absolute Gasteiger partial charge is 0.408 e. The molecule has 2 aromatic rings. The molecule has 0 fully saturated rings. The van der Waals surface area contributed by atoms with Crippen molar-refractivity contribution in [2.24, 2.45) is 0 Å². The van der Waals surface area contributed by atoms with E-state index in [-0.39, 0.29) is 5.91 Å². The maximum absolute atomic E-state index is 12.8. The van der Waals surface area contributed by atoms with Crippen LogP contribution in [0.2, 0.25) is 0 Å². The number of hydrogen-bond donors (Lipinski definition) is 3. The summed E-state index contributed by atoms with van der Waals surface area (Å²) in [5, 5.41) is 6.22. The molecule has 8 nitrogen and oxygen atoms in total. The first-order valence-corrected chi connectivity index (χ1v) is 9.73. The highest BCUT2D eigenvalue weighted by Gasteiger charge is 2.24. The maximum Gasteiger partial charge on any atom is 0.408 e. The van der Waals surface area contributed by atoms with E-state index in [1.165, 1.54) is 6.07 Å². The van der Waals surface area contributed by atoms with Crippen LogP contribution >= 0.6 is 0 Å². The summed E-state index contributed by atoms with van der Waals surface area (Å²) in [4.78, 5) is 36.5. The van der Waals surface area contributed by atoms with Crippen molar-refractivity contribution in [2.45, 2.75) is 58.6 Å². The zero-order chi connectivity index (χ0) is 21.6. The molecule has 1 aromatic heterocycles. The highest BCUT2D eigenvalue weighted by molar-refractivity contribution is 5.98. The van der Waals surface area contributed by atoms with Crippen molar-refractivity contribution in [3.63, 3.8) is 0 Å². The summed E-state index contributed by atoms with van der Waals surface area (Å²) in [6.07, 6.45) is 1.40. The Bertz CT molecular complexity index is 930. The fourth-order valence-electron chi connectivity index (χ4n) is 2.88. The number of anilines is 1. The van der Waals surface area contributed by atoms with E-state index in [1.54, 1.807) is 39.0 Å². The third-order valence-electron chi connectivity index (χ3n) is 4.22. The van der Waals surface area contributed by atoms with Gasteiger partial charge in [-0.15, -0.1) is 0 Å². The maximum atomic E-state index is 12.8. The lowest BCUT2D eigenvalue weighted by molar-refractivity contribution is -0.368. The molecule has 0 bridgehead atoms. The number of aryl methyl sites for hydroxylation is 1. The fraction of sp³-hybridized carbons (Fsp3) is 0.476. The number of benzene rings is 1. The predicted molar refractivity (Wildman–Crippen MR) is 111 cm³/mol. The van der Waals surface area contributed by atoms with Crippen molar-refractivity contribution >= 4 is 28.7 Å². The van der Waals surface area contributed by atoms with Gasteiger partial charge in [-0.3, -0.25) is 4.79 Å². The zero-order valence-electron chi connectivity index (χ0n) is 17.5. The van der Waals surface area contributed by atoms with Crippen LogP contribution in [0.15, 0.2) is 33.5 Å². The number of rotatable bonds is 7. The van der Waals surface area contributed by atoms with E-state index in [0.29, 0.717) is 17.7 Å². The van der Waals surface area contributed by atoms with Gasteiger partial charge < -0.3 is 25.5 Å². The third kappa shape index (κ3) is 6.90. The van der Waals surface area contributed by atoms with Crippen LogP contribution in [0.5, 0.6) is 0 Å². The third-order valence-corrected chi connectivity index (χ3v) is 4.22. The molecule has 1 aromatic carbocycles. The molecule has 0 spiro atoms. The van der Waals surface area contributed by atoms with E-state index in [1.807, 2.05) is 6.92 Å². The molecule has 0 aliphatic heterocycles. The molecule has 0 aliphatic carbocycles. The van der Waals surface area contributed by atoms with Gasteiger partial charge in [-0.25, -0.2) is 9.59 Å². The SMILES string of the molecule is Cc1cc(=O)oc2cc(NC(=O)[C@H](CCCC[NH3+])NC(=O)OC(C)(C)C)ccc12. The number of carbonyl (C=O) groups is 2. The second-order valence-electron chi connectivity index (χ2n) is 8.00. The van der Waals surface area contributed by atoms with Gasteiger partial charge in [0.25, 0.3) is 0 Å². The summed E-state index contributed by atoms with van der Waals surface area (Å²) >= 11 is 0. The summed E-state index contributed by atoms with van der Waals surface area (Å²) in [5.74, 6) is -0.366. The topological polar surface area (TPSA) is 125 Å². The predicted octanol–water partition coefficient (Wildman–Crippen LogP) is 2.35. The number of carbonyl (C=O) groups excluding carboxylic acids is 2. The average Bonchev–Trinajstić information content (AvgIpc) is 2.58. The molecule has 0 saturated carbocycles. The van der Waals surface area contributed by atoms with Crippen molar-refractivity contribution in [1.82, 2.24) is 5.32 Å². The van der Waals surface area contributed by atoms with Crippen LogP contribution in [0.3, 0.4) is 0 Å². The van der Waals surface area contributed by atoms with E-state index < -0.39 is 23.4 Å². The molecule has 5 N–H and O–H groups in total. The van der Waals surface area contributed by atoms with Crippen molar-refractivity contribution in [3.8, 4) is 0 Å². The monoisotopic (exact) mass is 404 g/mol. The Morgan fingerprint density at radius 2 is 1.93 bits per heavy atom. The van der Waals surface area contributed by atoms with Crippen LogP contribution in [0.25, 0.3) is 11.0 Å². The number of alkyl carbamates (subject to hydrolysis) is 1. The number of fused-ring (bicyclic) bond motifs is 1. The number of quaternary nitrogens is 1. The minimum absolute atomic E-state index is 0.366. The molecule has 2 amide bonds. The minimum atomic E-state index is -0.753.